The van der Waals surface area contributed by atoms with Crippen LogP contribution >= 0.6 is 0 Å². The molecule has 3 aromatic rings. The lowest BCUT2D eigenvalue weighted by Gasteiger charge is -2.03. The molecule has 3 rings (SSSR count). The standard InChI is InChI=1S/C15H12FN3O2/c1-9-3-6-13-17-14(15(18-20)19(13)8-9)10-4-5-12(21-2)11(16)7-10/h3-8H,1-2H3. The fourth-order valence-corrected chi connectivity index (χ4v) is 2.23. The van der Waals surface area contributed by atoms with Crippen LogP contribution in [0.3, 0.4) is 0 Å². The normalized spacial score (nSPS) is 10.8. The van der Waals surface area contributed by atoms with E-state index in [4.69, 9.17) is 4.74 Å². The van der Waals surface area contributed by atoms with E-state index in [1.165, 1.54) is 19.2 Å². The predicted octanol–water partition coefficient (Wildman–Crippen LogP) is 3.86. The second-order valence-corrected chi connectivity index (χ2v) is 4.66. The van der Waals surface area contributed by atoms with Gasteiger partial charge in [0.15, 0.2) is 11.6 Å². The summed E-state index contributed by atoms with van der Waals surface area (Å²) in [4.78, 5) is 15.5. The zero-order chi connectivity index (χ0) is 15.0. The largest absolute Gasteiger partial charge is 0.494 e. The van der Waals surface area contributed by atoms with Crippen molar-refractivity contribution in [3.8, 4) is 17.0 Å². The molecule has 0 saturated carbocycles. The van der Waals surface area contributed by atoms with E-state index in [2.05, 4.69) is 10.2 Å². The molecule has 21 heavy (non-hydrogen) atoms. The van der Waals surface area contributed by atoms with Gasteiger partial charge in [-0.15, -0.1) is 4.91 Å². The van der Waals surface area contributed by atoms with Crippen molar-refractivity contribution in [2.75, 3.05) is 7.11 Å². The molecule has 2 aromatic heterocycles. The Bertz CT molecular complexity index is 842. The summed E-state index contributed by atoms with van der Waals surface area (Å²) in [5.74, 6) is -0.225. The van der Waals surface area contributed by atoms with Crippen molar-refractivity contribution >= 4 is 11.5 Å². The number of benzene rings is 1. The minimum Gasteiger partial charge on any atom is -0.494 e. The number of ether oxygens (including phenoxy) is 1. The molecule has 0 spiro atoms. The first kappa shape index (κ1) is 13.2. The van der Waals surface area contributed by atoms with E-state index in [0.29, 0.717) is 16.9 Å². The molecule has 6 heteroatoms. The smallest absolute Gasteiger partial charge is 0.209 e. The van der Waals surface area contributed by atoms with Crippen LogP contribution in [0.15, 0.2) is 41.7 Å². The highest BCUT2D eigenvalue weighted by Gasteiger charge is 2.16. The fourth-order valence-electron chi connectivity index (χ4n) is 2.23. The van der Waals surface area contributed by atoms with Crippen molar-refractivity contribution in [1.82, 2.24) is 9.38 Å². The molecule has 0 amide bonds. The van der Waals surface area contributed by atoms with Crippen molar-refractivity contribution in [3.63, 3.8) is 0 Å². The zero-order valence-electron chi connectivity index (χ0n) is 11.5. The highest BCUT2D eigenvalue weighted by molar-refractivity contribution is 5.75. The van der Waals surface area contributed by atoms with E-state index < -0.39 is 5.82 Å². The van der Waals surface area contributed by atoms with Crippen LogP contribution in [0.25, 0.3) is 16.9 Å². The number of pyridine rings is 1. The van der Waals surface area contributed by atoms with Gasteiger partial charge in [0, 0.05) is 11.8 Å². The third-order valence-electron chi connectivity index (χ3n) is 3.25. The van der Waals surface area contributed by atoms with Crippen molar-refractivity contribution in [2.24, 2.45) is 5.18 Å². The van der Waals surface area contributed by atoms with Crippen molar-refractivity contribution < 1.29 is 9.13 Å². The number of nitrogens with zero attached hydrogens (tertiary/aromatic N) is 3. The third kappa shape index (κ3) is 2.14. The molecule has 0 atom stereocenters. The lowest BCUT2D eigenvalue weighted by molar-refractivity contribution is 0.386. The number of methoxy groups -OCH3 is 1. The maximum Gasteiger partial charge on any atom is 0.209 e. The molecule has 0 saturated heterocycles. The number of aromatic nitrogens is 2. The molecular weight excluding hydrogens is 273 g/mol. The molecule has 0 aliphatic rings. The second-order valence-electron chi connectivity index (χ2n) is 4.66. The SMILES string of the molecule is COc1ccc(-c2nc3ccc(C)cn3c2N=O)cc1F. The van der Waals surface area contributed by atoms with E-state index in [-0.39, 0.29) is 11.6 Å². The minimum atomic E-state index is -0.514. The molecule has 0 N–H and O–H groups in total. The molecular formula is C15H12FN3O2. The summed E-state index contributed by atoms with van der Waals surface area (Å²) in [6.45, 7) is 1.90. The summed E-state index contributed by atoms with van der Waals surface area (Å²) in [5, 5.41) is 3.05. The number of imidazole rings is 1. The van der Waals surface area contributed by atoms with Gasteiger partial charge in [-0.1, -0.05) is 6.07 Å². The predicted molar refractivity (Wildman–Crippen MR) is 77.3 cm³/mol. The van der Waals surface area contributed by atoms with Gasteiger partial charge in [0.1, 0.15) is 11.3 Å². The molecule has 0 fully saturated rings. The van der Waals surface area contributed by atoms with Gasteiger partial charge in [-0.2, -0.15) is 0 Å². The van der Waals surface area contributed by atoms with Gasteiger partial charge in [0.25, 0.3) is 0 Å². The van der Waals surface area contributed by atoms with Crippen LogP contribution in [-0.4, -0.2) is 16.5 Å². The van der Waals surface area contributed by atoms with Crippen LogP contribution in [0.1, 0.15) is 5.56 Å². The first-order chi connectivity index (χ1) is 10.1. The van der Waals surface area contributed by atoms with Crippen molar-refractivity contribution in [3.05, 3.63) is 52.8 Å². The molecule has 0 radical (unpaired) electrons. The van der Waals surface area contributed by atoms with Crippen LogP contribution < -0.4 is 4.74 Å². The molecule has 106 valence electrons. The Hall–Kier alpha value is -2.76. The Morgan fingerprint density at radius 2 is 2.10 bits per heavy atom. The Kier molecular flexibility index (Phi) is 3.13. The number of nitroso groups, excluding NO2 is 1. The number of hydrogen-bond acceptors (Lipinski definition) is 4. The highest BCUT2D eigenvalue weighted by atomic mass is 19.1. The van der Waals surface area contributed by atoms with Crippen LogP contribution in [0, 0.1) is 17.6 Å². The number of halogens is 1. The first-order valence-corrected chi connectivity index (χ1v) is 6.30. The Morgan fingerprint density at radius 1 is 1.29 bits per heavy atom. The van der Waals surface area contributed by atoms with Gasteiger partial charge in [-0.25, -0.2) is 9.37 Å². The van der Waals surface area contributed by atoms with Crippen LogP contribution in [0.2, 0.25) is 0 Å². The quantitative estimate of drug-likeness (QED) is 0.687. The zero-order valence-corrected chi connectivity index (χ0v) is 11.5. The van der Waals surface area contributed by atoms with Gasteiger partial charge in [-0.05, 0) is 41.9 Å². The van der Waals surface area contributed by atoms with Crippen molar-refractivity contribution in [1.29, 1.82) is 0 Å². The number of hydrogen-bond donors (Lipinski definition) is 0. The Morgan fingerprint density at radius 3 is 2.76 bits per heavy atom. The van der Waals surface area contributed by atoms with Gasteiger partial charge in [0.2, 0.25) is 5.82 Å². The first-order valence-electron chi connectivity index (χ1n) is 6.30. The van der Waals surface area contributed by atoms with Crippen LogP contribution in [0.4, 0.5) is 10.2 Å². The summed E-state index contributed by atoms with van der Waals surface area (Å²) in [6.07, 6.45) is 1.77. The van der Waals surface area contributed by atoms with E-state index in [1.807, 2.05) is 13.0 Å². The number of rotatable bonds is 3. The van der Waals surface area contributed by atoms with E-state index in [1.54, 1.807) is 22.7 Å². The highest BCUT2D eigenvalue weighted by Crippen LogP contribution is 2.33. The molecule has 0 aliphatic carbocycles. The van der Waals surface area contributed by atoms with Gasteiger partial charge >= 0.3 is 0 Å². The average molecular weight is 285 g/mol. The van der Waals surface area contributed by atoms with Gasteiger partial charge in [-0.3, -0.25) is 4.40 Å². The fraction of sp³-hybridized carbons (Fsp3) is 0.133. The molecule has 0 unspecified atom stereocenters. The third-order valence-corrected chi connectivity index (χ3v) is 3.25. The summed E-state index contributed by atoms with van der Waals surface area (Å²) in [7, 11) is 1.39. The van der Waals surface area contributed by atoms with E-state index in [0.717, 1.165) is 5.56 Å². The summed E-state index contributed by atoms with van der Waals surface area (Å²) < 4.78 is 20.3. The summed E-state index contributed by atoms with van der Waals surface area (Å²) in [5.41, 5.74) is 2.38. The Labute approximate surface area is 120 Å². The molecule has 0 bridgehead atoms. The number of aryl methyl sites for hydroxylation is 1. The van der Waals surface area contributed by atoms with Crippen LogP contribution in [0.5, 0.6) is 5.75 Å². The monoisotopic (exact) mass is 285 g/mol. The topological polar surface area (TPSA) is 56.0 Å². The number of fused-ring (bicyclic) bond motifs is 1. The van der Waals surface area contributed by atoms with Gasteiger partial charge < -0.3 is 4.74 Å². The maximum atomic E-state index is 13.8. The van der Waals surface area contributed by atoms with E-state index >= 15 is 0 Å². The van der Waals surface area contributed by atoms with Crippen molar-refractivity contribution in [2.45, 2.75) is 6.92 Å². The molecule has 1 aromatic carbocycles. The molecule has 2 heterocycles. The average Bonchev–Trinajstić information content (AvgIpc) is 2.84. The van der Waals surface area contributed by atoms with Gasteiger partial charge in [0.05, 0.1) is 7.11 Å². The molecule has 0 aliphatic heterocycles. The summed E-state index contributed by atoms with van der Waals surface area (Å²) >= 11 is 0. The Balaban J connectivity index is 2.24. The van der Waals surface area contributed by atoms with Crippen LogP contribution in [-0.2, 0) is 0 Å². The summed E-state index contributed by atoms with van der Waals surface area (Å²) in [6, 6.07) is 8.09. The molecule has 5 nitrogen and oxygen atoms in total. The lowest BCUT2D eigenvalue weighted by atomic mass is 10.1. The van der Waals surface area contributed by atoms with E-state index in [9.17, 15) is 9.30 Å². The maximum absolute atomic E-state index is 13.8. The second kappa shape index (κ2) is 4.97. The minimum absolute atomic E-state index is 0.138. The lowest BCUT2D eigenvalue weighted by Crippen LogP contribution is -1.89.